The zero-order chi connectivity index (χ0) is 14.6. The zero-order valence-electron chi connectivity index (χ0n) is 13.4. The van der Waals surface area contributed by atoms with Gasteiger partial charge in [0.25, 0.3) is 0 Å². The van der Waals surface area contributed by atoms with Crippen LogP contribution in [0.25, 0.3) is 0 Å². The van der Waals surface area contributed by atoms with Gasteiger partial charge in [-0.3, -0.25) is 0 Å². The molecule has 0 amide bonds. The third-order valence-electron chi connectivity index (χ3n) is 4.82. The number of hydrogen-bond acceptors (Lipinski definition) is 3. The lowest BCUT2D eigenvalue weighted by Crippen LogP contribution is -2.49. The highest BCUT2D eigenvalue weighted by Gasteiger charge is 2.47. The van der Waals surface area contributed by atoms with E-state index in [9.17, 15) is 0 Å². The first-order valence-electron chi connectivity index (χ1n) is 7.97. The molecule has 0 unspecified atom stereocenters. The van der Waals surface area contributed by atoms with Gasteiger partial charge in [0, 0.05) is 4.88 Å². The molecule has 1 fully saturated rings. The fraction of sp³-hybridized carbons (Fsp3) is 0.824. The average molecular weight is 292 g/mol. The van der Waals surface area contributed by atoms with Crippen molar-refractivity contribution in [2.45, 2.75) is 78.2 Å². The fourth-order valence-electron chi connectivity index (χ4n) is 4.91. The molecule has 0 spiro atoms. The van der Waals surface area contributed by atoms with E-state index in [0.29, 0.717) is 10.8 Å². The maximum Gasteiger partial charge on any atom is 0.113 e. The third kappa shape index (κ3) is 2.67. The van der Waals surface area contributed by atoms with Gasteiger partial charge in [-0.05, 0) is 55.8 Å². The Balaban J connectivity index is 1.96. The maximum atomic E-state index is 6.89. The van der Waals surface area contributed by atoms with Crippen molar-refractivity contribution in [3.63, 3.8) is 0 Å². The molecule has 0 radical (unpaired) electrons. The molecular formula is C17H28N2S. The summed E-state index contributed by atoms with van der Waals surface area (Å²) in [5, 5.41) is 1.21. The molecular weight excluding hydrogens is 264 g/mol. The van der Waals surface area contributed by atoms with Crippen LogP contribution in [0.4, 0.5) is 0 Å². The van der Waals surface area contributed by atoms with Crippen LogP contribution in [-0.4, -0.2) is 4.98 Å². The summed E-state index contributed by atoms with van der Waals surface area (Å²) in [6.45, 7) is 9.46. The Morgan fingerprint density at radius 1 is 0.950 bits per heavy atom. The van der Waals surface area contributed by atoms with Crippen LogP contribution in [0.2, 0.25) is 0 Å². The second-order valence-corrected chi connectivity index (χ2v) is 9.69. The van der Waals surface area contributed by atoms with Crippen LogP contribution >= 0.6 is 11.3 Å². The summed E-state index contributed by atoms with van der Waals surface area (Å²) in [5.41, 5.74) is 8.64. The van der Waals surface area contributed by atoms with Gasteiger partial charge in [-0.1, -0.05) is 27.7 Å². The molecule has 0 saturated heterocycles. The Labute approximate surface area is 127 Å². The standard InChI is InChI=1S/C17H28N2S/c1-15(2)9-16(3,4)11-17(18,10-15)14-19-12-7-5-6-8-13(12)20-14/h5-11,18H2,1-4H3. The lowest BCUT2D eigenvalue weighted by Gasteiger charge is -2.49. The van der Waals surface area contributed by atoms with Gasteiger partial charge in [0.05, 0.1) is 11.2 Å². The Kier molecular flexibility index (Phi) is 3.30. The highest BCUT2D eigenvalue weighted by atomic mass is 32.1. The number of aryl methyl sites for hydroxylation is 2. The summed E-state index contributed by atoms with van der Waals surface area (Å²) in [6.07, 6.45) is 8.38. The molecule has 20 heavy (non-hydrogen) atoms. The summed E-state index contributed by atoms with van der Waals surface area (Å²) in [6, 6.07) is 0. The molecule has 2 N–H and O–H groups in total. The van der Waals surface area contributed by atoms with Crippen molar-refractivity contribution in [3.8, 4) is 0 Å². The number of rotatable bonds is 1. The SMILES string of the molecule is CC1(C)CC(C)(C)CC(N)(c2nc3c(s2)CCCC3)C1. The van der Waals surface area contributed by atoms with Crippen LogP contribution in [0.15, 0.2) is 0 Å². The third-order valence-corrected chi connectivity index (χ3v) is 6.19. The molecule has 0 atom stereocenters. The maximum absolute atomic E-state index is 6.89. The van der Waals surface area contributed by atoms with Gasteiger partial charge in [-0.2, -0.15) is 0 Å². The Bertz CT molecular complexity index is 474. The summed E-state index contributed by atoms with van der Waals surface area (Å²) >= 11 is 1.91. The number of hydrogen-bond donors (Lipinski definition) is 1. The molecule has 2 nitrogen and oxygen atoms in total. The van der Waals surface area contributed by atoms with Crippen molar-refractivity contribution in [2.24, 2.45) is 16.6 Å². The summed E-state index contributed by atoms with van der Waals surface area (Å²) in [4.78, 5) is 6.48. The minimum atomic E-state index is -0.215. The first-order valence-corrected chi connectivity index (χ1v) is 8.79. The average Bonchev–Trinajstić information content (AvgIpc) is 2.67. The van der Waals surface area contributed by atoms with E-state index in [1.165, 1.54) is 41.3 Å². The number of nitrogens with two attached hydrogens (primary N) is 1. The largest absolute Gasteiger partial charge is 0.319 e. The summed E-state index contributed by atoms with van der Waals surface area (Å²) in [7, 11) is 0. The molecule has 3 heteroatoms. The lowest BCUT2D eigenvalue weighted by atomic mass is 9.59. The first-order chi connectivity index (χ1) is 9.19. The van der Waals surface area contributed by atoms with E-state index in [0.717, 1.165) is 19.3 Å². The Hall–Kier alpha value is -0.410. The molecule has 1 heterocycles. The van der Waals surface area contributed by atoms with E-state index in [1.807, 2.05) is 11.3 Å². The molecule has 2 aliphatic rings. The molecule has 0 aliphatic heterocycles. The van der Waals surface area contributed by atoms with Gasteiger partial charge in [0.15, 0.2) is 0 Å². The van der Waals surface area contributed by atoms with Crippen LogP contribution in [-0.2, 0) is 18.4 Å². The molecule has 112 valence electrons. The van der Waals surface area contributed by atoms with Crippen molar-refractivity contribution in [1.82, 2.24) is 4.98 Å². The molecule has 1 aromatic heterocycles. The van der Waals surface area contributed by atoms with Crippen LogP contribution in [0.3, 0.4) is 0 Å². The van der Waals surface area contributed by atoms with Gasteiger partial charge in [0.2, 0.25) is 0 Å². The second kappa shape index (κ2) is 4.54. The molecule has 1 saturated carbocycles. The van der Waals surface area contributed by atoms with Crippen LogP contribution in [0, 0.1) is 10.8 Å². The van der Waals surface area contributed by atoms with E-state index in [4.69, 9.17) is 10.7 Å². The topological polar surface area (TPSA) is 38.9 Å². The van der Waals surface area contributed by atoms with Gasteiger partial charge < -0.3 is 5.73 Å². The van der Waals surface area contributed by atoms with E-state index < -0.39 is 0 Å². The van der Waals surface area contributed by atoms with Gasteiger partial charge in [0.1, 0.15) is 5.01 Å². The zero-order valence-corrected chi connectivity index (χ0v) is 14.2. The first kappa shape index (κ1) is 14.5. The predicted octanol–water partition coefficient (Wildman–Crippen LogP) is 4.41. The molecule has 3 rings (SSSR count). The Morgan fingerprint density at radius 3 is 2.15 bits per heavy atom. The van der Waals surface area contributed by atoms with Crippen molar-refractivity contribution in [1.29, 1.82) is 0 Å². The molecule has 0 bridgehead atoms. The van der Waals surface area contributed by atoms with E-state index in [1.54, 1.807) is 0 Å². The number of fused-ring (bicyclic) bond motifs is 1. The van der Waals surface area contributed by atoms with Crippen molar-refractivity contribution in [3.05, 3.63) is 15.6 Å². The van der Waals surface area contributed by atoms with Crippen LogP contribution in [0.1, 0.15) is 75.4 Å². The molecule has 1 aromatic rings. The smallest absolute Gasteiger partial charge is 0.113 e. The number of thiazole rings is 1. The summed E-state index contributed by atoms with van der Waals surface area (Å²) < 4.78 is 0. The Morgan fingerprint density at radius 2 is 1.55 bits per heavy atom. The molecule has 0 aromatic carbocycles. The van der Waals surface area contributed by atoms with E-state index in [-0.39, 0.29) is 5.54 Å². The van der Waals surface area contributed by atoms with Crippen LogP contribution < -0.4 is 5.73 Å². The number of aromatic nitrogens is 1. The fourth-order valence-corrected chi connectivity index (χ4v) is 6.16. The molecule has 2 aliphatic carbocycles. The second-order valence-electron chi connectivity index (χ2n) is 8.61. The van der Waals surface area contributed by atoms with Crippen molar-refractivity contribution < 1.29 is 0 Å². The minimum Gasteiger partial charge on any atom is -0.319 e. The monoisotopic (exact) mass is 292 g/mol. The van der Waals surface area contributed by atoms with Crippen LogP contribution in [0.5, 0.6) is 0 Å². The highest BCUT2D eigenvalue weighted by molar-refractivity contribution is 7.11. The van der Waals surface area contributed by atoms with E-state index in [2.05, 4.69) is 27.7 Å². The van der Waals surface area contributed by atoms with Gasteiger partial charge in [-0.15, -0.1) is 11.3 Å². The van der Waals surface area contributed by atoms with Crippen molar-refractivity contribution >= 4 is 11.3 Å². The van der Waals surface area contributed by atoms with Gasteiger partial charge in [-0.25, -0.2) is 4.98 Å². The highest BCUT2D eigenvalue weighted by Crippen LogP contribution is 2.53. The lowest BCUT2D eigenvalue weighted by molar-refractivity contribution is 0.0469. The summed E-state index contributed by atoms with van der Waals surface area (Å²) in [5.74, 6) is 0. The normalized spacial score (nSPS) is 27.1. The number of nitrogens with zero attached hydrogens (tertiary/aromatic N) is 1. The van der Waals surface area contributed by atoms with Gasteiger partial charge >= 0.3 is 0 Å². The van der Waals surface area contributed by atoms with E-state index >= 15 is 0 Å². The predicted molar refractivity (Wildman–Crippen MR) is 86.0 cm³/mol. The van der Waals surface area contributed by atoms with Crippen molar-refractivity contribution in [2.75, 3.05) is 0 Å². The minimum absolute atomic E-state index is 0.215. The quantitative estimate of drug-likeness (QED) is 0.832.